The first-order valence-electron chi connectivity index (χ1n) is 7.24. The molecule has 0 atom stereocenters. The highest BCUT2D eigenvalue weighted by Gasteiger charge is 2.18. The Kier molecular flexibility index (Phi) is 5.71. The van der Waals surface area contributed by atoms with E-state index >= 15 is 0 Å². The number of hydrogen-bond donors (Lipinski definition) is 1. The summed E-state index contributed by atoms with van der Waals surface area (Å²) in [5.41, 5.74) is 1.84. The summed E-state index contributed by atoms with van der Waals surface area (Å²) in [5, 5.41) is 3.52. The topological polar surface area (TPSA) is 38.3 Å². The number of amides is 1. The molecule has 0 aliphatic carbocycles. The number of ether oxygens (including phenoxy) is 1. The number of rotatable bonds is 4. The zero-order valence-electron chi connectivity index (χ0n) is 13.3. The number of hydrogen-bond acceptors (Lipinski definition) is 2. The molecule has 0 aromatic heterocycles. The lowest BCUT2D eigenvalue weighted by Gasteiger charge is -2.23. The molecule has 0 bridgehead atoms. The van der Waals surface area contributed by atoms with Gasteiger partial charge in [-0.3, -0.25) is 4.79 Å². The number of para-hydroxylation sites is 1. The summed E-state index contributed by atoms with van der Waals surface area (Å²) < 4.78 is 6.25. The molecular weight excluding hydrogens is 378 g/mol. The molecule has 0 fully saturated rings. The van der Waals surface area contributed by atoms with Gasteiger partial charge in [0, 0.05) is 10.7 Å². The zero-order valence-corrected chi connectivity index (χ0v) is 15.7. The van der Waals surface area contributed by atoms with Gasteiger partial charge in [0.05, 0.1) is 4.47 Å². The number of benzene rings is 2. The SMILES string of the molecule is CC(C)(C)c1ccccc1NC(=O)COc1ccc(Cl)cc1Br. The lowest BCUT2D eigenvalue weighted by Crippen LogP contribution is -2.23. The Morgan fingerprint density at radius 2 is 1.91 bits per heavy atom. The lowest BCUT2D eigenvalue weighted by atomic mass is 9.86. The summed E-state index contributed by atoms with van der Waals surface area (Å²) in [5.74, 6) is 0.372. The van der Waals surface area contributed by atoms with Crippen molar-refractivity contribution in [2.75, 3.05) is 11.9 Å². The minimum atomic E-state index is -0.205. The van der Waals surface area contributed by atoms with Gasteiger partial charge in [-0.15, -0.1) is 0 Å². The van der Waals surface area contributed by atoms with Gasteiger partial charge in [0.2, 0.25) is 0 Å². The molecule has 0 unspecified atom stereocenters. The maximum absolute atomic E-state index is 12.2. The summed E-state index contributed by atoms with van der Waals surface area (Å²) in [7, 11) is 0. The van der Waals surface area contributed by atoms with Gasteiger partial charge in [0.25, 0.3) is 5.91 Å². The van der Waals surface area contributed by atoms with Gasteiger partial charge in [0.1, 0.15) is 5.75 Å². The van der Waals surface area contributed by atoms with Gasteiger partial charge >= 0.3 is 0 Å². The third kappa shape index (κ3) is 4.98. The predicted octanol–water partition coefficient (Wildman–Crippen LogP) is 5.42. The monoisotopic (exact) mass is 395 g/mol. The Balaban J connectivity index is 2.03. The average molecular weight is 397 g/mol. The number of nitrogens with one attached hydrogen (secondary N) is 1. The summed E-state index contributed by atoms with van der Waals surface area (Å²) in [6.45, 7) is 6.26. The minimum absolute atomic E-state index is 0.0516. The highest BCUT2D eigenvalue weighted by atomic mass is 79.9. The van der Waals surface area contributed by atoms with E-state index in [9.17, 15) is 4.79 Å². The van der Waals surface area contributed by atoms with Crippen LogP contribution in [0.1, 0.15) is 26.3 Å². The van der Waals surface area contributed by atoms with E-state index in [0.29, 0.717) is 15.2 Å². The van der Waals surface area contributed by atoms with E-state index in [1.807, 2.05) is 24.3 Å². The summed E-state index contributed by atoms with van der Waals surface area (Å²) >= 11 is 9.24. The van der Waals surface area contributed by atoms with Crippen molar-refractivity contribution in [3.63, 3.8) is 0 Å². The van der Waals surface area contributed by atoms with Crippen molar-refractivity contribution >= 4 is 39.1 Å². The van der Waals surface area contributed by atoms with Crippen molar-refractivity contribution in [1.82, 2.24) is 0 Å². The lowest BCUT2D eigenvalue weighted by molar-refractivity contribution is -0.118. The quantitative estimate of drug-likeness (QED) is 0.749. The van der Waals surface area contributed by atoms with Crippen molar-refractivity contribution in [1.29, 1.82) is 0 Å². The van der Waals surface area contributed by atoms with Gasteiger partial charge in [-0.25, -0.2) is 0 Å². The fourth-order valence-electron chi connectivity index (χ4n) is 2.17. The van der Waals surface area contributed by atoms with Gasteiger partial charge in [-0.1, -0.05) is 50.6 Å². The van der Waals surface area contributed by atoms with E-state index < -0.39 is 0 Å². The van der Waals surface area contributed by atoms with Crippen LogP contribution in [0.15, 0.2) is 46.9 Å². The first-order chi connectivity index (χ1) is 10.8. The van der Waals surface area contributed by atoms with Crippen molar-refractivity contribution < 1.29 is 9.53 Å². The molecule has 1 N–H and O–H groups in total. The zero-order chi connectivity index (χ0) is 17.0. The smallest absolute Gasteiger partial charge is 0.262 e. The van der Waals surface area contributed by atoms with Crippen LogP contribution in [0, 0.1) is 0 Å². The average Bonchev–Trinajstić information content (AvgIpc) is 2.46. The predicted molar refractivity (Wildman–Crippen MR) is 98.4 cm³/mol. The second-order valence-corrected chi connectivity index (χ2v) is 7.50. The van der Waals surface area contributed by atoms with E-state index in [1.165, 1.54) is 0 Å². The Bertz CT molecular complexity index is 710. The Morgan fingerprint density at radius 1 is 1.22 bits per heavy atom. The van der Waals surface area contributed by atoms with Gasteiger partial charge in [-0.05, 0) is 51.2 Å². The summed E-state index contributed by atoms with van der Waals surface area (Å²) in [6.07, 6.45) is 0. The van der Waals surface area contributed by atoms with Crippen LogP contribution in [-0.2, 0) is 10.2 Å². The highest BCUT2D eigenvalue weighted by molar-refractivity contribution is 9.10. The van der Waals surface area contributed by atoms with Crippen LogP contribution in [-0.4, -0.2) is 12.5 Å². The van der Waals surface area contributed by atoms with Crippen molar-refractivity contribution in [3.8, 4) is 5.75 Å². The summed E-state index contributed by atoms with van der Waals surface area (Å²) in [6, 6.07) is 13.0. The van der Waals surface area contributed by atoms with Crippen LogP contribution in [0.25, 0.3) is 0 Å². The largest absolute Gasteiger partial charge is 0.483 e. The molecule has 5 heteroatoms. The Morgan fingerprint density at radius 3 is 2.57 bits per heavy atom. The van der Waals surface area contributed by atoms with E-state index in [1.54, 1.807) is 18.2 Å². The number of carbonyl (C=O) groups is 1. The summed E-state index contributed by atoms with van der Waals surface area (Å²) in [4.78, 5) is 12.2. The molecule has 23 heavy (non-hydrogen) atoms. The molecule has 0 saturated heterocycles. The normalized spacial score (nSPS) is 11.2. The highest BCUT2D eigenvalue weighted by Crippen LogP contribution is 2.30. The van der Waals surface area contributed by atoms with Crippen LogP contribution in [0.4, 0.5) is 5.69 Å². The third-order valence-corrected chi connectivity index (χ3v) is 4.12. The molecular formula is C18H19BrClNO2. The fraction of sp³-hybridized carbons (Fsp3) is 0.278. The van der Waals surface area contributed by atoms with Crippen LogP contribution in [0.5, 0.6) is 5.75 Å². The maximum atomic E-state index is 12.2. The molecule has 0 spiro atoms. The van der Waals surface area contributed by atoms with Gasteiger partial charge < -0.3 is 10.1 Å². The second-order valence-electron chi connectivity index (χ2n) is 6.21. The van der Waals surface area contributed by atoms with Crippen LogP contribution in [0.2, 0.25) is 5.02 Å². The molecule has 122 valence electrons. The van der Waals surface area contributed by atoms with Crippen molar-refractivity contribution in [2.45, 2.75) is 26.2 Å². The number of halogens is 2. The molecule has 0 aliphatic rings. The first kappa shape index (κ1) is 17.8. The molecule has 1 amide bonds. The van der Waals surface area contributed by atoms with Crippen LogP contribution < -0.4 is 10.1 Å². The fourth-order valence-corrected chi connectivity index (χ4v) is 2.97. The Labute approximate surface area is 150 Å². The van der Waals surface area contributed by atoms with Gasteiger partial charge in [0.15, 0.2) is 6.61 Å². The standard InChI is InChI=1S/C18H19BrClNO2/c1-18(2,3)13-6-4-5-7-15(13)21-17(22)11-23-16-9-8-12(20)10-14(16)19/h4-10H,11H2,1-3H3,(H,21,22). The molecule has 2 aromatic carbocycles. The molecule has 0 heterocycles. The molecule has 3 nitrogen and oxygen atoms in total. The minimum Gasteiger partial charge on any atom is -0.483 e. The van der Waals surface area contributed by atoms with E-state index in [4.69, 9.17) is 16.3 Å². The molecule has 0 radical (unpaired) electrons. The van der Waals surface area contributed by atoms with E-state index in [0.717, 1.165) is 11.3 Å². The molecule has 0 aliphatic heterocycles. The third-order valence-electron chi connectivity index (χ3n) is 3.26. The van der Waals surface area contributed by atoms with E-state index in [-0.39, 0.29) is 17.9 Å². The second kappa shape index (κ2) is 7.37. The van der Waals surface area contributed by atoms with Crippen LogP contribution >= 0.6 is 27.5 Å². The Hall–Kier alpha value is -1.52. The maximum Gasteiger partial charge on any atom is 0.262 e. The number of carbonyl (C=O) groups excluding carboxylic acids is 1. The van der Waals surface area contributed by atoms with E-state index in [2.05, 4.69) is 42.0 Å². The van der Waals surface area contributed by atoms with Gasteiger partial charge in [-0.2, -0.15) is 0 Å². The molecule has 2 rings (SSSR count). The first-order valence-corrected chi connectivity index (χ1v) is 8.41. The van der Waals surface area contributed by atoms with Crippen molar-refractivity contribution in [2.24, 2.45) is 0 Å². The molecule has 2 aromatic rings. The molecule has 0 saturated carbocycles. The van der Waals surface area contributed by atoms with Crippen molar-refractivity contribution in [3.05, 3.63) is 57.5 Å². The van der Waals surface area contributed by atoms with Crippen LogP contribution in [0.3, 0.4) is 0 Å². The number of anilines is 1.